The molecule has 0 aromatic heterocycles. The maximum atomic E-state index is 11.9. The Bertz CT molecular complexity index is 338. The van der Waals surface area contributed by atoms with Gasteiger partial charge in [-0.2, -0.15) is 0 Å². The normalized spacial score (nSPS) is 32.0. The van der Waals surface area contributed by atoms with Gasteiger partial charge in [0.15, 0.2) is 0 Å². The molecule has 108 valence electrons. The van der Waals surface area contributed by atoms with E-state index in [1.54, 1.807) is 0 Å². The van der Waals surface area contributed by atoms with Gasteiger partial charge in [0.1, 0.15) is 6.04 Å². The molecule has 1 saturated heterocycles. The molecule has 0 aromatic rings. The van der Waals surface area contributed by atoms with Crippen LogP contribution in [0.5, 0.6) is 0 Å². The van der Waals surface area contributed by atoms with Gasteiger partial charge < -0.3 is 14.8 Å². The second-order valence-electron chi connectivity index (χ2n) is 5.53. The van der Waals surface area contributed by atoms with Gasteiger partial charge in [-0.1, -0.05) is 19.3 Å². The van der Waals surface area contributed by atoms with Crippen LogP contribution >= 0.6 is 0 Å². The molecule has 2 rings (SSSR count). The van der Waals surface area contributed by atoms with E-state index in [0.717, 1.165) is 12.8 Å². The molecule has 1 aliphatic carbocycles. The number of ether oxygens (including phenoxy) is 2. The zero-order valence-electron chi connectivity index (χ0n) is 11.7. The van der Waals surface area contributed by atoms with Crippen LogP contribution in [0, 0.1) is 11.8 Å². The predicted octanol–water partition coefficient (Wildman–Crippen LogP) is 1.26. The second-order valence-corrected chi connectivity index (χ2v) is 5.53. The van der Waals surface area contributed by atoms with E-state index in [9.17, 15) is 9.59 Å². The number of carbonyl (C=O) groups is 2. The summed E-state index contributed by atoms with van der Waals surface area (Å²) in [7, 11) is 2.79. The van der Waals surface area contributed by atoms with Crippen LogP contribution in [0.4, 0.5) is 0 Å². The first kappa shape index (κ1) is 14.3. The van der Waals surface area contributed by atoms with E-state index in [4.69, 9.17) is 9.47 Å². The molecule has 3 atom stereocenters. The molecular weight excluding hydrogens is 246 g/mol. The van der Waals surface area contributed by atoms with Crippen molar-refractivity contribution >= 4 is 11.9 Å². The zero-order valence-corrected chi connectivity index (χ0v) is 11.7. The van der Waals surface area contributed by atoms with Crippen molar-refractivity contribution in [3.8, 4) is 0 Å². The van der Waals surface area contributed by atoms with E-state index < -0.39 is 0 Å². The largest absolute Gasteiger partial charge is 0.469 e. The molecule has 19 heavy (non-hydrogen) atoms. The molecule has 0 bridgehead atoms. The number of nitrogens with one attached hydrogen (secondary N) is 1. The third-order valence-corrected chi connectivity index (χ3v) is 4.46. The van der Waals surface area contributed by atoms with Crippen molar-refractivity contribution in [2.45, 2.75) is 50.6 Å². The monoisotopic (exact) mass is 269 g/mol. The Kier molecular flexibility index (Phi) is 4.80. The average Bonchev–Trinajstić information content (AvgIpc) is 2.91. The van der Waals surface area contributed by atoms with E-state index in [2.05, 4.69) is 5.32 Å². The topological polar surface area (TPSA) is 64.6 Å². The standard InChI is InChI=1S/C14H23NO4/c1-18-13(16)10-8-11(14(17)19-2)15-12(10)9-6-4-3-5-7-9/h9-12,15H,3-8H2,1-2H3/t10-,11+,12+/m0/s1. The summed E-state index contributed by atoms with van der Waals surface area (Å²) in [5.41, 5.74) is 0. The summed E-state index contributed by atoms with van der Waals surface area (Å²) in [5.74, 6) is -0.258. The van der Waals surface area contributed by atoms with Crippen molar-refractivity contribution in [2.75, 3.05) is 14.2 Å². The fourth-order valence-corrected chi connectivity index (χ4v) is 3.48. The van der Waals surface area contributed by atoms with Gasteiger partial charge in [0.25, 0.3) is 0 Å². The molecule has 2 aliphatic rings. The molecule has 0 radical (unpaired) electrons. The number of carbonyl (C=O) groups excluding carboxylic acids is 2. The third-order valence-electron chi connectivity index (χ3n) is 4.46. The summed E-state index contributed by atoms with van der Waals surface area (Å²) < 4.78 is 9.66. The summed E-state index contributed by atoms with van der Waals surface area (Å²) >= 11 is 0. The van der Waals surface area contributed by atoms with Gasteiger partial charge >= 0.3 is 11.9 Å². The predicted molar refractivity (Wildman–Crippen MR) is 69.4 cm³/mol. The lowest BCUT2D eigenvalue weighted by Crippen LogP contribution is -2.43. The highest BCUT2D eigenvalue weighted by atomic mass is 16.5. The zero-order chi connectivity index (χ0) is 13.8. The minimum Gasteiger partial charge on any atom is -0.469 e. The number of hydrogen-bond donors (Lipinski definition) is 1. The number of hydrogen-bond acceptors (Lipinski definition) is 5. The van der Waals surface area contributed by atoms with E-state index in [-0.39, 0.29) is 29.9 Å². The Morgan fingerprint density at radius 2 is 1.63 bits per heavy atom. The highest BCUT2D eigenvalue weighted by molar-refractivity contribution is 5.80. The highest BCUT2D eigenvalue weighted by Crippen LogP contribution is 2.35. The fraction of sp³-hybridized carbons (Fsp3) is 0.857. The minimum absolute atomic E-state index is 0.0526. The van der Waals surface area contributed by atoms with Crippen molar-refractivity contribution in [3.63, 3.8) is 0 Å². The molecule has 1 aliphatic heterocycles. The quantitative estimate of drug-likeness (QED) is 0.781. The van der Waals surface area contributed by atoms with E-state index >= 15 is 0 Å². The van der Waals surface area contributed by atoms with E-state index in [1.165, 1.54) is 33.5 Å². The fourth-order valence-electron chi connectivity index (χ4n) is 3.48. The summed E-state index contributed by atoms with van der Waals surface area (Å²) in [6, 6.07) is -0.321. The Morgan fingerprint density at radius 3 is 2.21 bits per heavy atom. The molecule has 5 nitrogen and oxygen atoms in total. The van der Waals surface area contributed by atoms with Gasteiger partial charge in [0.2, 0.25) is 0 Å². The molecule has 0 spiro atoms. The van der Waals surface area contributed by atoms with Crippen molar-refractivity contribution in [1.29, 1.82) is 0 Å². The molecule has 0 aromatic carbocycles. The summed E-state index contributed by atoms with van der Waals surface area (Å²) in [4.78, 5) is 23.6. The van der Waals surface area contributed by atoms with Crippen LogP contribution in [0.1, 0.15) is 38.5 Å². The van der Waals surface area contributed by atoms with E-state index in [0.29, 0.717) is 12.3 Å². The Hall–Kier alpha value is -1.10. The van der Waals surface area contributed by atoms with Gasteiger partial charge in [0.05, 0.1) is 20.1 Å². The Morgan fingerprint density at radius 1 is 1.00 bits per heavy atom. The number of esters is 2. The molecule has 5 heteroatoms. The van der Waals surface area contributed by atoms with E-state index in [1.807, 2.05) is 0 Å². The van der Waals surface area contributed by atoms with Crippen molar-refractivity contribution < 1.29 is 19.1 Å². The summed E-state index contributed by atoms with van der Waals surface area (Å²) in [6.07, 6.45) is 6.42. The van der Waals surface area contributed by atoms with Gasteiger partial charge in [-0.05, 0) is 25.2 Å². The minimum atomic E-state index is -0.374. The summed E-state index contributed by atoms with van der Waals surface area (Å²) in [5, 5.41) is 3.30. The lowest BCUT2D eigenvalue weighted by atomic mass is 9.79. The van der Waals surface area contributed by atoms with Crippen molar-refractivity contribution in [3.05, 3.63) is 0 Å². The lowest BCUT2D eigenvalue weighted by Gasteiger charge is -2.30. The van der Waals surface area contributed by atoms with Gasteiger partial charge in [-0.3, -0.25) is 9.59 Å². The molecule has 1 heterocycles. The highest BCUT2D eigenvalue weighted by Gasteiger charge is 2.45. The Balaban J connectivity index is 2.08. The summed E-state index contributed by atoms with van der Waals surface area (Å²) in [6.45, 7) is 0. The van der Waals surface area contributed by atoms with Crippen LogP contribution in [0.25, 0.3) is 0 Å². The third kappa shape index (κ3) is 3.08. The number of rotatable bonds is 3. The van der Waals surface area contributed by atoms with Crippen LogP contribution < -0.4 is 5.32 Å². The maximum absolute atomic E-state index is 11.9. The van der Waals surface area contributed by atoms with Gasteiger partial charge in [-0.25, -0.2) is 0 Å². The first-order valence-corrected chi connectivity index (χ1v) is 7.09. The average molecular weight is 269 g/mol. The second kappa shape index (κ2) is 6.37. The maximum Gasteiger partial charge on any atom is 0.322 e. The first-order valence-electron chi connectivity index (χ1n) is 7.09. The van der Waals surface area contributed by atoms with Crippen molar-refractivity contribution in [1.82, 2.24) is 5.32 Å². The van der Waals surface area contributed by atoms with Crippen LogP contribution in [0.3, 0.4) is 0 Å². The molecule has 1 saturated carbocycles. The first-order chi connectivity index (χ1) is 9.17. The van der Waals surface area contributed by atoms with Crippen LogP contribution in [0.2, 0.25) is 0 Å². The smallest absolute Gasteiger partial charge is 0.322 e. The Labute approximate surface area is 114 Å². The molecule has 0 unspecified atom stereocenters. The molecular formula is C14H23NO4. The number of methoxy groups -OCH3 is 2. The van der Waals surface area contributed by atoms with Crippen molar-refractivity contribution in [2.24, 2.45) is 11.8 Å². The van der Waals surface area contributed by atoms with Crippen LogP contribution in [-0.4, -0.2) is 38.2 Å². The molecule has 0 amide bonds. The molecule has 2 fully saturated rings. The van der Waals surface area contributed by atoms with Crippen LogP contribution in [0.15, 0.2) is 0 Å². The molecule has 1 N–H and O–H groups in total. The lowest BCUT2D eigenvalue weighted by molar-refractivity contribution is -0.146. The van der Waals surface area contributed by atoms with Crippen LogP contribution in [-0.2, 0) is 19.1 Å². The SMILES string of the molecule is COC(=O)[C@H]1C[C@H](C(=O)OC)N[C@@H]1C1CCCCC1. The van der Waals surface area contributed by atoms with Gasteiger partial charge in [0, 0.05) is 6.04 Å². The van der Waals surface area contributed by atoms with Gasteiger partial charge in [-0.15, -0.1) is 0 Å².